The maximum absolute atomic E-state index is 12.9. The van der Waals surface area contributed by atoms with Crippen LogP contribution in [0.3, 0.4) is 0 Å². The Morgan fingerprint density at radius 3 is 2.81 bits per heavy atom. The van der Waals surface area contributed by atoms with Gasteiger partial charge < -0.3 is 15.0 Å². The summed E-state index contributed by atoms with van der Waals surface area (Å²) in [7, 11) is 0. The number of thioether (sulfide) groups is 1. The van der Waals surface area contributed by atoms with E-state index in [9.17, 15) is 9.59 Å². The molecule has 164 valence electrons. The van der Waals surface area contributed by atoms with E-state index in [0.717, 1.165) is 37.6 Å². The van der Waals surface area contributed by atoms with Crippen LogP contribution in [0.2, 0.25) is 5.02 Å². The summed E-state index contributed by atoms with van der Waals surface area (Å²) in [6, 6.07) is 12.6. The quantitative estimate of drug-likeness (QED) is 0.433. The first-order chi connectivity index (χ1) is 15.6. The fraction of sp³-hybridized carbons (Fsp3) is 0.273. The summed E-state index contributed by atoms with van der Waals surface area (Å²) in [5.41, 5.74) is 1.86. The summed E-state index contributed by atoms with van der Waals surface area (Å²) in [4.78, 5) is 26.7. The first-order valence-electron chi connectivity index (χ1n) is 10.3. The van der Waals surface area contributed by atoms with Crippen molar-refractivity contribution < 1.29 is 14.3 Å². The summed E-state index contributed by atoms with van der Waals surface area (Å²) < 4.78 is 7.31. The molecule has 2 aliphatic rings. The molecule has 10 heteroatoms. The van der Waals surface area contributed by atoms with E-state index in [1.54, 1.807) is 18.2 Å². The molecule has 1 fully saturated rings. The molecule has 1 N–H and O–H groups in total. The summed E-state index contributed by atoms with van der Waals surface area (Å²) in [6.07, 6.45) is 2.23. The third-order valence-corrected chi connectivity index (χ3v) is 6.50. The predicted molar refractivity (Wildman–Crippen MR) is 123 cm³/mol. The van der Waals surface area contributed by atoms with Crippen LogP contribution in [0, 0.1) is 0 Å². The average molecular weight is 470 g/mol. The Hall–Kier alpha value is -3.04. The van der Waals surface area contributed by atoms with E-state index in [2.05, 4.69) is 20.4 Å². The molecule has 3 aromatic rings. The van der Waals surface area contributed by atoms with Crippen molar-refractivity contribution in [2.75, 3.05) is 35.7 Å². The summed E-state index contributed by atoms with van der Waals surface area (Å²) in [5.74, 6) is 1.17. The van der Waals surface area contributed by atoms with Crippen LogP contribution in [0.1, 0.15) is 23.2 Å². The molecular weight excluding hydrogens is 450 g/mol. The van der Waals surface area contributed by atoms with Gasteiger partial charge in [0.15, 0.2) is 17.5 Å². The molecule has 3 heterocycles. The van der Waals surface area contributed by atoms with Crippen molar-refractivity contribution in [3.8, 4) is 11.4 Å². The number of fused-ring (bicyclic) bond motifs is 1. The molecule has 0 radical (unpaired) electrons. The van der Waals surface area contributed by atoms with E-state index in [0.29, 0.717) is 27.2 Å². The van der Waals surface area contributed by atoms with E-state index >= 15 is 0 Å². The van der Waals surface area contributed by atoms with Crippen LogP contribution in [0.5, 0.6) is 5.75 Å². The standard InChI is InChI=1S/C22H20ClN5O3S/c23-15-4-3-5-16(11-15)28-21(27-8-1-2-9-27)25-26-22(28)32-13-18(29)14-6-7-19-17(10-14)24-20(30)12-31-19/h3-7,10-11H,1-2,8-9,12-13H2,(H,24,30). The van der Waals surface area contributed by atoms with Gasteiger partial charge in [0.25, 0.3) is 5.91 Å². The number of nitrogens with one attached hydrogen (secondary N) is 1. The van der Waals surface area contributed by atoms with Crippen molar-refractivity contribution in [2.24, 2.45) is 0 Å². The van der Waals surface area contributed by atoms with Crippen molar-refractivity contribution in [1.29, 1.82) is 0 Å². The minimum absolute atomic E-state index is 0.0192. The van der Waals surface area contributed by atoms with Gasteiger partial charge in [0, 0.05) is 23.7 Å². The van der Waals surface area contributed by atoms with Gasteiger partial charge in [0.05, 0.1) is 17.1 Å². The Labute approximate surface area is 193 Å². The zero-order valence-corrected chi connectivity index (χ0v) is 18.7. The normalized spacial score (nSPS) is 15.3. The Kier molecular flexibility index (Phi) is 5.75. The molecule has 0 bridgehead atoms. The number of halogens is 1. The number of nitrogens with zero attached hydrogens (tertiary/aromatic N) is 4. The number of benzene rings is 2. The molecule has 0 atom stereocenters. The highest BCUT2D eigenvalue weighted by Gasteiger charge is 2.24. The number of carbonyl (C=O) groups excluding carboxylic acids is 2. The van der Waals surface area contributed by atoms with Crippen molar-refractivity contribution in [2.45, 2.75) is 18.0 Å². The lowest BCUT2D eigenvalue weighted by molar-refractivity contribution is -0.118. The zero-order chi connectivity index (χ0) is 22.1. The first kappa shape index (κ1) is 20.8. The second-order valence-electron chi connectivity index (χ2n) is 7.55. The SMILES string of the molecule is O=C1COc2ccc(C(=O)CSc3nnc(N4CCCC4)n3-c3cccc(Cl)c3)cc2N1. The van der Waals surface area contributed by atoms with E-state index < -0.39 is 0 Å². The molecule has 1 aromatic heterocycles. The third kappa shape index (κ3) is 4.18. The predicted octanol–water partition coefficient (Wildman–Crippen LogP) is 3.83. The molecule has 8 nitrogen and oxygen atoms in total. The molecule has 0 unspecified atom stereocenters. The monoisotopic (exact) mass is 469 g/mol. The van der Waals surface area contributed by atoms with Crippen LogP contribution in [-0.4, -0.2) is 51.9 Å². The van der Waals surface area contributed by atoms with Gasteiger partial charge in [-0.15, -0.1) is 10.2 Å². The van der Waals surface area contributed by atoms with Crippen molar-refractivity contribution in [1.82, 2.24) is 14.8 Å². The second kappa shape index (κ2) is 8.84. The summed E-state index contributed by atoms with van der Waals surface area (Å²) in [5, 5.41) is 12.8. The molecule has 5 rings (SSSR count). The topological polar surface area (TPSA) is 89.3 Å². The number of amides is 1. The molecule has 0 spiro atoms. The minimum atomic E-state index is -0.236. The van der Waals surface area contributed by atoms with Gasteiger partial charge >= 0.3 is 0 Å². The second-order valence-corrected chi connectivity index (χ2v) is 8.93. The number of hydrogen-bond donors (Lipinski definition) is 1. The van der Waals surface area contributed by atoms with Crippen LogP contribution < -0.4 is 15.0 Å². The Balaban J connectivity index is 1.39. The molecule has 0 saturated carbocycles. The third-order valence-electron chi connectivity index (χ3n) is 5.34. The van der Waals surface area contributed by atoms with E-state index in [-0.39, 0.29) is 24.1 Å². The van der Waals surface area contributed by atoms with Gasteiger partial charge in [-0.3, -0.25) is 14.2 Å². The lowest BCUT2D eigenvalue weighted by Gasteiger charge is -2.19. The number of ketones is 1. The highest BCUT2D eigenvalue weighted by atomic mass is 35.5. The van der Waals surface area contributed by atoms with Crippen LogP contribution in [0.4, 0.5) is 11.6 Å². The average Bonchev–Trinajstić information content (AvgIpc) is 3.46. The number of aromatic nitrogens is 3. The number of Topliss-reactive ketones (excluding diaryl/α,β-unsaturated/α-hetero) is 1. The lowest BCUT2D eigenvalue weighted by atomic mass is 10.1. The fourth-order valence-corrected chi connectivity index (χ4v) is 4.81. The number of ether oxygens (including phenoxy) is 1. The highest BCUT2D eigenvalue weighted by molar-refractivity contribution is 7.99. The molecule has 1 amide bonds. The number of rotatable bonds is 6. The smallest absolute Gasteiger partial charge is 0.262 e. The van der Waals surface area contributed by atoms with Crippen molar-refractivity contribution in [3.63, 3.8) is 0 Å². The minimum Gasteiger partial charge on any atom is -0.482 e. The van der Waals surface area contributed by atoms with Crippen LogP contribution >= 0.6 is 23.4 Å². The molecule has 32 heavy (non-hydrogen) atoms. The van der Waals surface area contributed by atoms with Crippen molar-refractivity contribution >= 4 is 46.7 Å². The number of hydrogen-bond acceptors (Lipinski definition) is 7. The highest BCUT2D eigenvalue weighted by Crippen LogP contribution is 2.32. The van der Waals surface area contributed by atoms with Crippen LogP contribution in [-0.2, 0) is 4.79 Å². The van der Waals surface area contributed by atoms with Gasteiger partial charge in [-0.1, -0.05) is 29.4 Å². The molecular formula is C22H20ClN5O3S. The summed E-state index contributed by atoms with van der Waals surface area (Å²) >= 11 is 7.55. The molecule has 2 aromatic carbocycles. The van der Waals surface area contributed by atoms with E-state index in [4.69, 9.17) is 16.3 Å². The van der Waals surface area contributed by atoms with Gasteiger partial charge in [-0.25, -0.2) is 0 Å². The Morgan fingerprint density at radius 1 is 1.16 bits per heavy atom. The van der Waals surface area contributed by atoms with Gasteiger partial charge in [0.2, 0.25) is 5.95 Å². The van der Waals surface area contributed by atoms with E-state index in [1.807, 2.05) is 28.8 Å². The number of carbonyl (C=O) groups is 2. The zero-order valence-electron chi connectivity index (χ0n) is 17.1. The molecule has 0 aliphatic carbocycles. The van der Waals surface area contributed by atoms with Crippen molar-refractivity contribution in [3.05, 3.63) is 53.1 Å². The fourth-order valence-electron chi connectivity index (χ4n) is 3.79. The van der Waals surface area contributed by atoms with Gasteiger partial charge in [-0.2, -0.15) is 0 Å². The van der Waals surface area contributed by atoms with E-state index in [1.165, 1.54) is 11.8 Å². The lowest BCUT2D eigenvalue weighted by Crippen LogP contribution is -2.25. The maximum Gasteiger partial charge on any atom is 0.262 e. The molecule has 1 saturated heterocycles. The summed E-state index contributed by atoms with van der Waals surface area (Å²) in [6.45, 7) is 1.82. The Bertz CT molecular complexity index is 1190. The number of anilines is 2. The van der Waals surface area contributed by atoms with Gasteiger partial charge in [0.1, 0.15) is 5.75 Å². The van der Waals surface area contributed by atoms with Gasteiger partial charge in [-0.05, 0) is 49.2 Å². The first-order valence-corrected chi connectivity index (χ1v) is 11.6. The maximum atomic E-state index is 12.9. The Morgan fingerprint density at radius 2 is 2.00 bits per heavy atom. The largest absolute Gasteiger partial charge is 0.482 e. The van der Waals surface area contributed by atoms with Crippen LogP contribution in [0.15, 0.2) is 47.6 Å². The van der Waals surface area contributed by atoms with Crippen LogP contribution in [0.25, 0.3) is 5.69 Å². The molecule has 2 aliphatic heterocycles.